The Balaban J connectivity index is 2.74. The molecule has 0 aromatic heterocycles. The van der Waals surface area contributed by atoms with Crippen LogP contribution in [0, 0.1) is 11.7 Å². The van der Waals surface area contributed by atoms with Gasteiger partial charge in [-0.25, -0.2) is 4.39 Å². The van der Waals surface area contributed by atoms with Gasteiger partial charge in [0.15, 0.2) is 0 Å². The van der Waals surface area contributed by atoms with E-state index in [9.17, 15) is 4.39 Å². The molecular weight excluding hydrogens is 203 g/mol. The zero-order valence-corrected chi connectivity index (χ0v) is 10.3. The molecule has 1 aromatic rings. The highest BCUT2D eigenvalue weighted by Crippen LogP contribution is 2.18. The molecule has 0 aliphatic carbocycles. The summed E-state index contributed by atoms with van der Waals surface area (Å²) in [6.45, 7) is 5.68. The minimum Gasteiger partial charge on any atom is -0.374 e. The van der Waals surface area contributed by atoms with Crippen molar-refractivity contribution in [2.24, 2.45) is 11.7 Å². The van der Waals surface area contributed by atoms with Gasteiger partial charge in [0.05, 0.1) is 0 Å². The summed E-state index contributed by atoms with van der Waals surface area (Å²) >= 11 is 0. The molecule has 0 fully saturated rings. The van der Waals surface area contributed by atoms with Crippen molar-refractivity contribution in [3.63, 3.8) is 0 Å². The van der Waals surface area contributed by atoms with Gasteiger partial charge in [0.25, 0.3) is 0 Å². The van der Waals surface area contributed by atoms with Crippen molar-refractivity contribution < 1.29 is 4.39 Å². The molecule has 3 heteroatoms. The van der Waals surface area contributed by atoms with E-state index in [0.717, 1.165) is 24.2 Å². The first-order valence-corrected chi connectivity index (χ1v) is 5.73. The second-order valence-corrected chi connectivity index (χ2v) is 4.63. The molecule has 0 radical (unpaired) electrons. The van der Waals surface area contributed by atoms with Crippen LogP contribution in [0.5, 0.6) is 0 Å². The fraction of sp³-hybridized carbons (Fsp3) is 0.538. The first-order chi connectivity index (χ1) is 7.52. The van der Waals surface area contributed by atoms with Crippen LogP contribution in [-0.2, 0) is 6.54 Å². The highest BCUT2D eigenvalue weighted by Gasteiger charge is 2.05. The molecule has 1 rings (SSSR count). The number of anilines is 1. The lowest BCUT2D eigenvalue weighted by molar-refractivity contribution is 0.583. The van der Waals surface area contributed by atoms with Crippen LogP contribution < -0.4 is 10.6 Å². The van der Waals surface area contributed by atoms with Crippen LogP contribution in [0.3, 0.4) is 0 Å². The second kappa shape index (κ2) is 5.85. The minimum absolute atomic E-state index is 0.214. The van der Waals surface area contributed by atoms with E-state index in [-0.39, 0.29) is 5.82 Å². The van der Waals surface area contributed by atoms with E-state index in [1.165, 1.54) is 6.07 Å². The first kappa shape index (κ1) is 13.0. The number of hydrogen-bond acceptors (Lipinski definition) is 2. The molecule has 0 saturated carbocycles. The molecule has 16 heavy (non-hydrogen) atoms. The molecular formula is C13H21FN2. The van der Waals surface area contributed by atoms with Gasteiger partial charge in [0.1, 0.15) is 5.82 Å². The Morgan fingerprint density at radius 3 is 2.56 bits per heavy atom. The van der Waals surface area contributed by atoms with Crippen molar-refractivity contribution in [2.75, 3.05) is 18.5 Å². The van der Waals surface area contributed by atoms with Crippen molar-refractivity contribution in [1.29, 1.82) is 0 Å². The average Bonchev–Trinajstić information content (AvgIpc) is 2.24. The Labute approximate surface area is 97.3 Å². The molecule has 0 atom stereocenters. The number of rotatable bonds is 5. The highest BCUT2D eigenvalue weighted by molar-refractivity contribution is 5.48. The van der Waals surface area contributed by atoms with Gasteiger partial charge in [0, 0.05) is 25.8 Å². The molecule has 0 aliphatic rings. The van der Waals surface area contributed by atoms with Gasteiger partial charge in [-0.05, 0) is 36.1 Å². The van der Waals surface area contributed by atoms with Crippen LogP contribution in [-0.4, -0.2) is 13.6 Å². The van der Waals surface area contributed by atoms with E-state index in [1.807, 2.05) is 13.1 Å². The third-order valence-corrected chi connectivity index (χ3v) is 2.66. The number of hydrogen-bond donors (Lipinski definition) is 1. The van der Waals surface area contributed by atoms with Gasteiger partial charge < -0.3 is 10.6 Å². The molecule has 90 valence electrons. The fourth-order valence-electron chi connectivity index (χ4n) is 1.55. The average molecular weight is 224 g/mol. The third-order valence-electron chi connectivity index (χ3n) is 2.66. The fourth-order valence-corrected chi connectivity index (χ4v) is 1.55. The monoisotopic (exact) mass is 224 g/mol. The Morgan fingerprint density at radius 2 is 2.00 bits per heavy atom. The van der Waals surface area contributed by atoms with Gasteiger partial charge in [0.2, 0.25) is 0 Å². The topological polar surface area (TPSA) is 29.3 Å². The number of halogens is 1. The molecule has 2 N–H and O–H groups in total. The van der Waals surface area contributed by atoms with Crippen molar-refractivity contribution >= 4 is 5.69 Å². The lowest BCUT2D eigenvalue weighted by Crippen LogP contribution is -2.20. The summed E-state index contributed by atoms with van der Waals surface area (Å²) < 4.78 is 13.3. The normalized spacial score (nSPS) is 10.9. The summed E-state index contributed by atoms with van der Waals surface area (Å²) in [7, 11) is 1.98. The predicted octanol–water partition coefficient (Wildman–Crippen LogP) is 2.77. The van der Waals surface area contributed by atoms with Crippen LogP contribution in [0.2, 0.25) is 0 Å². The Kier molecular flexibility index (Phi) is 4.74. The van der Waals surface area contributed by atoms with E-state index in [1.54, 1.807) is 6.07 Å². The van der Waals surface area contributed by atoms with E-state index in [2.05, 4.69) is 18.7 Å². The van der Waals surface area contributed by atoms with Crippen molar-refractivity contribution in [3.8, 4) is 0 Å². The summed E-state index contributed by atoms with van der Waals surface area (Å²) in [4.78, 5) is 2.07. The molecule has 1 aromatic carbocycles. The Hall–Kier alpha value is -1.09. The van der Waals surface area contributed by atoms with Gasteiger partial charge in [-0.1, -0.05) is 13.8 Å². The molecule has 0 amide bonds. The number of nitrogens with zero attached hydrogens (tertiary/aromatic N) is 1. The lowest BCUT2D eigenvalue weighted by atomic mass is 10.1. The van der Waals surface area contributed by atoms with Crippen molar-refractivity contribution in [2.45, 2.75) is 26.8 Å². The van der Waals surface area contributed by atoms with Gasteiger partial charge in [-0.2, -0.15) is 0 Å². The maximum absolute atomic E-state index is 13.3. The molecule has 0 aliphatic heterocycles. The van der Waals surface area contributed by atoms with E-state index < -0.39 is 0 Å². The number of nitrogens with two attached hydrogens (primary N) is 1. The van der Waals surface area contributed by atoms with Crippen LogP contribution in [0.15, 0.2) is 18.2 Å². The highest BCUT2D eigenvalue weighted by atomic mass is 19.1. The molecule has 0 bridgehead atoms. The Bertz CT molecular complexity index is 337. The summed E-state index contributed by atoms with van der Waals surface area (Å²) in [6.07, 6.45) is 1.10. The summed E-state index contributed by atoms with van der Waals surface area (Å²) in [5.74, 6) is 0.444. The largest absolute Gasteiger partial charge is 0.374 e. The zero-order chi connectivity index (χ0) is 12.1. The van der Waals surface area contributed by atoms with E-state index in [4.69, 9.17) is 5.73 Å². The Morgan fingerprint density at radius 1 is 1.31 bits per heavy atom. The van der Waals surface area contributed by atoms with Crippen molar-refractivity contribution in [3.05, 3.63) is 29.6 Å². The predicted molar refractivity (Wildman–Crippen MR) is 67.0 cm³/mol. The zero-order valence-electron chi connectivity index (χ0n) is 10.3. The molecule has 0 heterocycles. The van der Waals surface area contributed by atoms with Crippen LogP contribution in [0.25, 0.3) is 0 Å². The van der Waals surface area contributed by atoms with E-state index in [0.29, 0.717) is 12.5 Å². The van der Waals surface area contributed by atoms with Crippen LogP contribution in [0.4, 0.5) is 10.1 Å². The molecule has 0 saturated heterocycles. The maximum atomic E-state index is 13.3. The van der Waals surface area contributed by atoms with Crippen LogP contribution in [0.1, 0.15) is 25.8 Å². The SMILES string of the molecule is CC(C)CCN(C)c1cc(F)cc(CN)c1. The van der Waals surface area contributed by atoms with Gasteiger partial charge in [-0.3, -0.25) is 0 Å². The molecule has 0 unspecified atom stereocenters. The third kappa shape index (κ3) is 3.81. The number of benzene rings is 1. The summed E-state index contributed by atoms with van der Waals surface area (Å²) in [5.41, 5.74) is 7.27. The van der Waals surface area contributed by atoms with E-state index >= 15 is 0 Å². The minimum atomic E-state index is -0.214. The molecule has 0 spiro atoms. The van der Waals surface area contributed by atoms with Crippen molar-refractivity contribution in [1.82, 2.24) is 0 Å². The quantitative estimate of drug-likeness (QED) is 0.833. The summed E-state index contributed by atoms with van der Waals surface area (Å²) in [5, 5.41) is 0. The van der Waals surface area contributed by atoms with Crippen LogP contribution >= 0.6 is 0 Å². The summed E-state index contributed by atoms with van der Waals surface area (Å²) in [6, 6.07) is 4.99. The smallest absolute Gasteiger partial charge is 0.125 e. The lowest BCUT2D eigenvalue weighted by Gasteiger charge is -2.21. The molecule has 2 nitrogen and oxygen atoms in total. The van der Waals surface area contributed by atoms with Gasteiger partial charge >= 0.3 is 0 Å². The first-order valence-electron chi connectivity index (χ1n) is 5.73. The van der Waals surface area contributed by atoms with Gasteiger partial charge in [-0.15, -0.1) is 0 Å². The standard InChI is InChI=1S/C13H21FN2/c1-10(2)4-5-16(3)13-7-11(9-15)6-12(14)8-13/h6-8,10H,4-5,9,15H2,1-3H3. The second-order valence-electron chi connectivity index (χ2n) is 4.63. The maximum Gasteiger partial charge on any atom is 0.125 e.